The van der Waals surface area contributed by atoms with Gasteiger partial charge in [0.05, 0.1) is 12.1 Å². The molecular weight excluding hydrogens is 397 g/mol. The van der Waals surface area contributed by atoms with Gasteiger partial charge in [0.1, 0.15) is 12.0 Å². The lowest BCUT2D eigenvalue weighted by molar-refractivity contribution is -0.163. The van der Waals surface area contributed by atoms with Crippen molar-refractivity contribution in [3.05, 3.63) is 35.6 Å². The molecule has 3 heterocycles. The van der Waals surface area contributed by atoms with E-state index in [9.17, 15) is 14.3 Å². The topological polar surface area (TPSA) is 96.8 Å². The van der Waals surface area contributed by atoms with Crippen molar-refractivity contribution in [3.63, 3.8) is 0 Å². The van der Waals surface area contributed by atoms with Gasteiger partial charge in [0.25, 0.3) is 0 Å². The number of nitriles is 1. The summed E-state index contributed by atoms with van der Waals surface area (Å²) >= 11 is 0. The number of piperidine rings is 2. The highest BCUT2D eigenvalue weighted by Crippen LogP contribution is 2.33. The molecule has 170 valence electrons. The van der Waals surface area contributed by atoms with Crippen LogP contribution in [0.5, 0.6) is 0 Å². The van der Waals surface area contributed by atoms with Gasteiger partial charge in [-0.2, -0.15) is 5.26 Å². The Balaban J connectivity index is 1.54. The highest BCUT2D eigenvalue weighted by Gasteiger charge is 2.45. The van der Waals surface area contributed by atoms with E-state index in [1.54, 1.807) is 18.0 Å². The number of carbonyl (C=O) groups excluding carboxylic acids is 1. The smallest absolute Gasteiger partial charge is 0.240 e. The average molecular weight is 432 g/mol. The third-order valence-corrected chi connectivity index (χ3v) is 6.64. The zero-order chi connectivity index (χ0) is 22.5. The van der Waals surface area contributed by atoms with Gasteiger partial charge in [-0.3, -0.25) is 14.6 Å². The number of aliphatic hydroxyl groups excluding tert-OH is 1. The van der Waals surface area contributed by atoms with Crippen LogP contribution in [0.3, 0.4) is 0 Å². The van der Waals surface area contributed by atoms with Crippen molar-refractivity contribution in [1.29, 1.82) is 5.26 Å². The molecule has 1 aromatic rings. The zero-order valence-electron chi connectivity index (χ0n) is 18.5. The van der Waals surface area contributed by atoms with Gasteiger partial charge in [-0.1, -0.05) is 19.1 Å². The molecule has 0 aliphatic carbocycles. The van der Waals surface area contributed by atoms with Gasteiger partial charge in [-0.15, -0.1) is 0 Å². The van der Waals surface area contributed by atoms with Crippen LogP contribution in [0.2, 0.25) is 0 Å². The van der Waals surface area contributed by atoms with Gasteiger partial charge in [0.15, 0.2) is 0 Å². The number of halogens is 1. The predicted molar refractivity (Wildman–Crippen MR) is 116 cm³/mol. The second-order valence-corrected chi connectivity index (χ2v) is 9.09. The molecule has 0 radical (unpaired) electrons. The van der Waals surface area contributed by atoms with Crippen LogP contribution in [0.15, 0.2) is 24.3 Å². The van der Waals surface area contributed by atoms with Gasteiger partial charge in [0.2, 0.25) is 5.91 Å². The van der Waals surface area contributed by atoms with Crippen molar-refractivity contribution in [3.8, 4) is 6.07 Å². The number of carbonyl (C=O) groups is 1. The van der Waals surface area contributed by atoms with Crippen molar-refractivity contribution < 1.29 is 14.3 Å². The summed E-state index contributed by atoms with van der Waals surface area (Å²) in [6.45, 7) is 4.22. The van der Waals surface area contributed by atoms with Crippen LogP contribution in [-0.2, 0) is 11.3 Å². The number of rotatable bonds is 9. The Kier molecular flexibility index (Phi) is 8.00. The molecule has 31 heavy (non-hydrogen) atoms. The Bertz CT molecular complexity index is 798. The first-order valence-electron chi connectivity index (χ1n) is 11.1. The summed E-state index contributed by atoms with van der Waals surface area (Å²) in [7, 11) is 1.75. The van der Waals surface area contributed by atoms with Crippen molar-refractivity contribution in [2.75, 3.05) is 26.7 Å². The van der Waals surface area contributed by atoms with E-state index in [-0.39, 0.29) is 29.7 Å². The van der Waals surface area contributed by atoms with Crippen LogP contribution in [0.1, 0.15) is 38.2 Å². The molecule has 0 saturated carbocycles. The Morgan fingerprint density at radius 1 is 1.45 bits per heavy atom. The fraction of sp³-hybridized carbons (Fsp3) is 0.652. The van der Waals surface area contributed by atoms with E-state index in [0.29, 0.717) is 26.1 Å². The molecule has 3 aliphatic heterocycles. The molecule has 3 fully saturated rings. The molecule has 4 rings (SSSR count). The second kappa shape index (κ2) is 10.5. The van der Waals surface area contributed by atoms with E-state index in [0.717, 1.165) is 31.4 Å². The number of aliphatic hydroxyl groups is 1. The SMILES string of the molecule is CC(CC#N)CCN(C)C(=O)[C@@H](N)CN1C[C@@H]2CCC1C(O)N2Cc1cccc(F)c1. The van der Waals surface area contributed by atoms with E-state index in [1.807, 2.05) is 17.9 Å². The van der Waals surface area contributed by atoms with Gasteiger partial charge < -0.3 is 15.7 Å². The molecule has 7 nitrogen and oxygen atoms in total. The molecule has 0 aromatic heterocycles. The zero-order valence-corrected chi connectivity index (χ0v) is 18.5. The number of fused-ring (bicyclic) bond motifs is 3. The highest BCUT2D eigenvalue weighted by atomic mass is 19.1. The number of benzene rings is 1. The number of piperazine rings is 1. The van der Waals surface area contributed by atoms with Gasteiger partial charge in [0, 0.05) is 51.7 Å². The largest absolute Gasteiger partial charge is 0.377 e. The minimum atomic E-state index is -0.664. The molecule has 8 heteroatoms. The minimum absolute atomic E-state index is 0.0848. The van der Waals surface area contributed by atoms with Crippen LogP contribution in [-0.4, -0.2) is 76.7 Å². The van der Waals surface area contributed by atoms with E-state index < -0.39 is 12.3 Å². The summed E-state index contributed by atoms with van der Waals surface area (Å²) in [6.07, 6.45) is 2.41. The van der Waals surface area contributed by atoms with Crippen LogP contribution >= 0.6 is 0 Å². The van der Waals surface area contributed by atoms with Gasteiger partial charge in [-0.05, 0) is 42.9 Å². The van der Waals surface area contributed by atoms with Crippen LogP contribution in [0.4, 0.5) is 4.39 Å². The molecule has 1 amide bonds. The fourth-order valence-corrected chi connectivity index (χ4v) is 4.76. The van der Waals surface area contributed by atoms with E-state index >= 15 is 0 Å². The minimum Gasteiger partial charge on any atom is -0.377 e. The van der Waals surface area contributed by atoms with Crippen molar-refractivity contribution >= 4 is 5.91 Å². The van der Waals surface area contributed by atoms with Gasteiger partial charge >= 0.3 is 0 Å². The van der Waals surface area contributed by atoms with Crippen molar-refractivity contribution in [2.45, 2.75) is 63.5 Å². The van der Waals surface area contributed by atoms with Crippen molar-refractivity contribution in [2.24, 2.45) is 11.7 Å². The molecule has 2 bridgehead atoms. The summed E-state index contributed by atoms with van der Waals surface area (Å²) in [5, 5.41) is 19.7. The Morgan fingerprint density at radius 2 is 2.23 bits per heavy atom. The molecular formula is C23H34FN5O2. The molecule has 3 saturated heterocycles. The number of nitrogens with two attached hydrogens (primary N) is 1. The molecule has 0 spiro atoms. The third-order valence-electron chi connectivity index (χ3n) is 6.64. The first-order valence-corrected chi connectivity index (χ1v) is 11.1. The lowest BCUT2D eigenvalue weighted by atomic mass is 9.88. The molecule has 5 atom stereocenters. The summed E-state index contributed by atoms with van der Waals surface area (Å²) in [5.74, 6) is -0.142. The first-order chi connectivity index (χ1) is 14.8. The number of amides is 1. The number of likely N-dealkylation sites (N-methyl/N-ethyl adjacent to an activating group) is 1. The van der Waals surface area contributed by atoms with Crippen LogP contribution < -0.4 is 5.73 Å². The Labute approximate surface area is 184 Å². The molecule has 1 aromatic carbocycles. The third kappa shape index (κ3) is 5.80. The van der Waals surface area contributed by atoms with E-state index in [2.05, 4.69) is 11.0 Å². The normalized spacial score (nSPS) is 25.7. The monoisotopic (exact) mass is 431 g/mol. The molecule has 3 aliphatic rings. The van der Waals surface area contributed by atoms with Gasteiger partial charge in [-0.25, -0.2) is 4.39 Å². The lowest BCUT2D eigenvalue weighted by Gasteiger charge is -2.55. The number of nitrogens with zero attached hydrogens (tertiary/aromatic N) is 4. The summed E-state index contributed by atoms with van der Waals surface area (Å²) < 4.78 is 13.5. The first kappa shape index (κ1) is 23.6. The Morgan fingerprint density at radius 3 is 2.90 bits per heavy atom. The van der Waals surface area contributed by atoms with Crippen LogP contribution in [0, 0.1) is 23.1 Å². The second-order valence-electron chi connectivity index (χ2n) is 9.09. The molecule has 3 unspecified atom stereocenters. The van der Waals surface area contributed by atoms with Crippen LogP contribution in [0.25, 0.3) is 0 Å². The average Bonchev–Trinajstić information content (AvgIpc) is 2.74. The van der Waals surface area contributed by atoms with Crippen molar-refractivity contribution in [1.82, 2.24) is 14.7 Å². The quantitative estimate of drug-likeness (QED) is 0.615. The lowest BCUT2D eigenvalue weighted by Crippen LogP contribution is -2.69. The van der Waals surface area contributed by atoms with E-state index in [4.69, 9.17) is 11.0 Å². The van der Waals surface area contributed by atoms with E-state index in [1.165, 1.54) is 12.1 Å². The standard InChI is InChI=1S/C23H34FN5O2/c1-16(8-10-25)9-11-27(2)22(30)20(26)15-28-14-19-6-7-21(28)23(31)29(19)13-17-4-3-5-18(24)12-17/h3-5,12,16,19-21,23,31H,6-9,11,13-15,26H2,1-2H3/t16?,19-,20-,21?,23?/m0/s1. The number of hydrogen-bond donors (Lipinski definition) is 2. The summed E-state index contributed by atoms with van der Waals surface area (Å²) in [6, 6.07) is 8.06. The summed E-state index contributed by atoms with van der Waals surface area (Å²) in [5.41, 5.74) is 7.09. The number of hydrogen-bond acceptors (Lipinski definition) is 6. The molecule has 3 N–H and O–H groups in total. The predicted octanol–water partition coefficient (Wildman–Crippen LogP) is 1.52. The summed E-state index contributed by atoms with van der Waals surface area (Å²) in [4.78, 5) is 18.5. The highest BCUT2D eigenvalue weighted by molar-refractivity contribution is 5.81. The maximum absolute atomic E-state index is 13.5. The fourth-order valence-electron chi connectivity index (χ4n) is 4.76. The Hall–Kier alpha value is -2.05. The maximum atomic E-state index is 13.5. The maximum Gasteiger partial charge on any atom is 0.240 e.